The highest BCUT2D eigenvalue weighted by Crippen LogP contribution is 2.31. The van der Waals surface area contributed by atoms with Gasteiger partial charge in [0.1, 0.15) is 4.33 Å². The Kier molecular flexibility index (Phi) is 2.42. The first-order chi connectivity index (χ1) is 4.60. The molecule has 1 fully saturated rings. The summed E-state index contributed by atoms with van der Waals surface area (Å²) in [4.78, 5) is 10.8. The number of rotatable bonds is 0. The second-order valence-electron chi connectivity index (χ2n) is 2.49. The van der Waals surface area contributed by atoms with Crippen LogP contribution in [0, 0.1) is 0 Å². The zero-order valence-electron chi connectivity index (χ0n) is 5.49. The van der Waals surface area contributed by atoms with E-state index in [0.717, 1.165) is 6.42 Å². The van der Waals surface area contributed by atoms with E-state index in [1.54, 1.807) is 0 Å². The molecule has 4 heteroatoms. The van der Waals surface area contributed by atoms with Crippen LogP contribution in [-0.2, 0) is 4.79 Å². The summed E-state index contributed by atoms with van der Waals surface area (Å²) in [7, 11) is 0. The number of carbonyl (C=O) groups is 1. The molecule has 1 aliphatic heterocycles. The van der Waals surface area contributed by atoms with Crippen molar-refractivity contribution in [2.24, 2.45) is 0 Å². The fourth-order valence-corrected chi connectivity index (χ4v) is 1.47. The second-order valence-corrected chi connectivity index (χ2v) is 4.13. The lowest BCUT2D eigenvalue weighted by Gasteiger charge is -2.13. The largest absolute Gasteiger partial charge is 0.356 e. The van der Waals surface area contributed by atoms with Crippen molar-refractivity contribution in [1.29, 1.82) is 0 Å². The van der Waals surface area contributed by atoms with Gasteiger partial charge in [-0.25, -0.2) is 0 Å². The molecular formula is C6H9Cl2NO. The minimum atomic E-state index is -0.833. The molecule has 0 saturated carbocycles. The number of alkyl halides is 2. The molecule has 1 heterocycles. The molecule has 0 bridgehead atoms. The van der Waals surface area contributed by atoms with Crippen molar-refractivity contribution >= 4 is 29.1 Å². The fraction of sp³-hybridized carbons (Fsp3) is 0.833. The van der Waals surface area contributed by atoms with E-state index >= 15 is 0 Å². The molecule has 0 radical (unpaired) electrons. The first-order valence-electron chi connectivity index (χ1n) is 3.25. The van der Waals surface area contributed by atoms with Crippen molar-refractivity contribution in [3.8, 4) is 0 Å². The number of hydrogen-bond donors (Lipinski definition) is 1. The van der Waals surface area contributed by atoms with Crippen molar-refractivity contribution in [2.45, 2.75) is 23.6 Å². The van der Waals surface area contributed by atoms with Gasteiger partial charge >= 0.3 is 0 Å². The van der Waals surface area contributed by atoms with Crippen molar-refractivity contribution in [1.82, 2.24) is 5.32 Å². The van der Waals surface area contributed by atoms with Crippen LogP contribution in [0.2, 0.25) is 0 Å². The van der Waals surface area contributed by atoms with E-state index < -0.39 is 4.33 Å². The van der Waals surface area contributed by atoms with Gasteiger partial charge in [0.2, 0.25) is 5.91 Å². The van der Waals surface area contributed by atoms with Gasteiger partial charge in [0.25, 0.3) is 0 Å². The topological polar surface area (TPSA) is 29.1 Å². The van der Waals surface area contributed by atoms with Gasteiger partial charge in [-0.05, 0) is 12.8 Å². The monoisotopic (exact) mass is 181 g/mol. The Morgan fingerprint density at radius 3 is 2.90 bits per heavy atom. The van der Waals surface area contributed by atoms with E-state index in [4.69, 9.17) is 23.2 Å². The van der Waals surface area contributed by atoms with Gasteiger partial charge in [-0.1, -0.05) is 0 Å². The van der Waals surface area contributed by atoms with Crippen LogP contribution >= 0.6 is 23.2 Å². The summed E-state index contributed by atoms with van der Waals surface area (Å²) in [6.07, 6.45) is 1.77. The Morgan fingerprint density at radius 2 is 2.20 bits per heavy atom. The maximum Gasteiger partial charge on any atom is 0.223 e. The second kappa shape index (κ2) is 2.97. The van der Waals surface area contributed by atoms with Gasteiger partial charge in [-0.3, -0.25) is 4.79 Å². The third-order valence-corrected chi connectivity index (χ3v) is 2.11. The molecule has 58 valence electrons. The normalized spacial score (nSPS) is 25.2. The highest BCUT2D eigenvalue weighted by atomic mass is 35.5. The fourth-order valence-electron chi connectivity index (χ4n) is 0.961. The smallest absolute Gasteiger partial charge is 0.223 e. The van der Waals surface area contributed by atoms with Crippen LogP contribution in [0.25, 0.3) is 0 Å². The lowest BCUT2D eigenvalue weighted by atomic mass is 10.2. The van der Waals surface area contributed by atoms with Crippen LogP contribution in [0.3, 0.4) is 0 Å². The van der Waals surface area contributed by atoms with Gasteiger partial charge in [0, 0.05) is 6.54 Å². The number of hydrogen-bond acceptors (Lipinski definition) is 1. The highest BCUT2D eigenvalue weighted by Gasteiger charge is 2.29. The van der Waals surface area contributed by atoms with Crippen LogP contribution < -0.4 is 5.32 Å². The minimum absolute atomic E-state index is 0.0532. The molecule has 10 heavy (non-hydrogen) atoms. The van der Waals surface area contributed by atoms with Gasteiger partial charge in [-0.15, -0.1) is 23.2 Å². The molecule has 1 aliphatic rings. The SMILES string of the molecule is O=C1CC(Cl)(Cl)CCCN1. The third-order valence-electron chi connectivity index (χ3n) is 1.46. The molecule has 1 saturated heterocycles. The average molecular weight is 182 g/mol. The van der Waals surface area contributed by atoms with E-state index in [2.05, 4.69) is 5.32 Å². The van der Waals surface area contributed by atoms with Crippen LogP contribution in [0.4, 0.5) is 0 Å². The third kappa shape index (κ3) is 2.35. The first-order valence-corrected chi connectivity index (χ1v) is 4.00. The Morgan fingerprint density at radius 1 is 1.50 bits per heavy atom. The molecule has 1 rings (SSSR count). The van der Waals surface area contributed by atoms with E-state index in [-0.39, 0.29) is 12.3 Å². The van der Waals surface area contributed by atoms with Crippen molar-refractivity contribution in [3.63, 3.8) is 0 Å². The quantitative estimate of drug-likeness (QED) is 0.564. The van der Waals surface area contributed by atoms with E-state index in [0.29, 0.717) is 13.0 Å². The van der Waals surface area contributed by atoms with Crippen molar-refractivity contribution in [2.75, 3.05) is 6.54 Å². The zero-order valence-corrected chi connectivity index (χ0v) is 7.00. The summed E-state index contributed by atoms with van der Waals surface area (Å²) in [6.45, 7) is 0.694. The van der Waals surface area contributed by atoms with E-state index in [9.17, 15) is 4.79 Å². The summed E-state index contributed by atoms with van der Waals surface area (Å²) in [5.74, 6) is -0.0532. The molecule has 0 aromatic heterocycles. The molecule has 0 atom stereocenters. The number of amides is 1. The molecule has 1 amide bonds. The number of carbonyl (C=O) groups excluding carboxylic acids is 1. The molecule has 0 aliphatic carbocycles. The van der Waals surface area contributed by atoms with Gasteiger partial charge in [-0.2, -0.15) is 0 Å². The van der Waals surface area contributed by atoms with Gasteiger partial charge in [0.15, 0.2) is 0 Å². The number of halogens is 2. The summed E-state index contributed by atoms with van der Waals surface area (Å²) in [5, 5.41) is 2.69. The zero-order chi connectivity index (χ0) is 7.61. The Hall–Kier alpha value is 0.0500. The molecule has 0 aromatic rings. The maximum absolute atomic E-state index is 10.8. The lowest BCUT2D eigenvalue weighted by Crippen LogP contribution is -2.24. The minimum Gasteiger partial charge on any atom is -0.356 e. The van der Waals surface area contributed by atoms with Crippen LogP contribution in [0.15, 0.2) is 0 Å². The molecule has 0 spiro atoms. The summed E-state index contributed by atoms with van der Waals surface area (Å²) < 4.78 is -0.833. The summed E-state index contributed by atoms with van der Waals surface area (Å²) in [6, 6.07) is 0. The first kappa shape index (κ1) is 8.15. The Labute approximate surface area is 69.9 Å². The predicted octanol–water partition coefficient (Wildman–Crippen LogP) is 1.46. The van der Waals surface area contributed by atoms with Crippen LogP contribution in [-0.4, -0.2) is 16.8 Å². The van der Waals surface area contributed by atoms with Crippen LogP contribution in [0.1, 0.15) is 19.3 Å². The van der Waals surface area contributed by atoms with Crippen LogP contribution in [0.5, 0.6) is 0 Å². The van der Waals surface area contributed by atoms with Gasteiger partial charge in [0.05, 0.1) is 6.42 Å². The Balaban J connectivity index is 2.54. The summed E-state index contributed by atoms with van der Waals surface area (Å²) in [5.41, 5.74) is 0. The van der Waals surface area contributed by atoms with Crippen molar-refractivity contribution in [3.05, 3.63) is 0 Å². The molecule has 0 unspecified atom stereocenters. The molecule has 0 aromatic carbocycles. The average Bonchev–Trinajstić information content (AvgIpc) is 1.90. The lowest BCUT2D eigenvalue weighted by molar-refractivity contribution is -0.120. The molecular weight excluding hydrogens is 173 g/mol. The standard InChI is InChI=1S/C6H9Cl2NO/c7-6(8)2-1-3-9-5(10)4-6/h1-4H2,(H,9,10). The van der Waals surface area contributed by atoms with E-state index in [1.165, 1.54) is 0 Å². The Bertz CT molecular complexity index is 147. The number of nitrogens with one attached hydrogen (secondary N) is 1. The highest BCUT2D eigenvalue weighted by molar-refractivity contribution is 6.49. The van der Waals surface area contributed by atoms with Gasteiger partial charge < -0.3 is 5.32 Å². The maximum atomic E-state index is 10.8. The predicted molar refractivity (Wildman–Crippen MR) is 41.3 cm³/mol. The summed E-state index contributed by atoms with van der Waals surface area (Å²) >= 11 is 11.6. The molecule has 2 nitrogen and oxygen atoms in total. The van der Waals surface area contributed by atoms with E-state index in [1.807, 2.05) is 0 Å². The van der Waals surface area contributed by atoms with Crippen molar-refractivity contribution < 1.29 is 4.79 Å². The molecule has 1 N–H and O–H groups in total.